The highest BCUT2D eigenvalue weighted by atomic mass is 35.5. The molecule has 2 aliphatic heterocycles. The first kappa shape index (κ1) is 21.4. The quantitative estimate of drug-likeness (QED) is 0.785. The molecule has 2 aliphatic rings. The summed E-state index contributed by atoms with van der Waals surface area (Å²) in [5.74, 6) is 0.0571. The van der Waals surface area contributed by atoms with Crippen LogP contribution in [0.2, 0.25) is 0 Å². The highest BCUT2D eigenvalue weighted by Gasteiger charge is 2.26. The summed E-state index contributed by atoms with van der Waals surface area (Å²) in [7, 11) is 0. The van der Waals surface area contributed by atoms with Crippen LogP contribution in [0.5, 0.6) is 5.75 Å². The van der Waals surface area contributed by atoms with Crippen LogP contribution in [0, 0.1) is 5.82 Å². The molecule has 3 rings (SSSR count). The van der Waals surface area contributed by atoms with Gasteiger partial charge in [-0.25, -0.2) is 4.39 Å². The van der Waals surface area contributed by atoms with Gasteiger partial charge in [-0.15, -0.1) is 12.4 Å². The molecule has 0 bridgehead atoms. The summed E-state index contributed by atoms with van der Waals surface area (Å²) >= 11 is 0. The molecule has 0 aliphatic carbocycles. The van der Waals surface area contributed by atoms with Crippen LogP contribution in [0.4, 0.5) is 4.39 Å². The van der Waals surface area contributed by atoms with E-state index < -0.39 is 0 Å². The number of rotatable bonds is 5. The van der Waals surface area contributed by atoms with E-state index in [-0.39, 0.29) is 42.7 Å². The van der Waals surface area contributed by atoms with Crippen LogP contribution in [0.15, 0.2) is 24.3 Å². The van der Waals surface area contributed by atoms with Crippen molar-refractivity contribution in [3.05, 3.63) is 30.1 Å². The summed E-state index contributed by atoms with van der Waals surface area (Å²) < 4.78 is 23.6. The average molecular weight is 402 g/mol. The van der Waals surface area contributed by atoms with E-state index in [4.69, 9.17) is 9.47 Å². The number of hydrogen-bond donors (Lipinski definition) is 1. The predicted molar refractivity (Wildman–Crippen MR) is 99.5 cm³/mol. The molecule has 1 N–H and O–H groups in total. The minimum Gasteiger partial charge on any atom is -0.484 e. The van der Waals surface area contributed by atoms with Crippen molar-refractivity contribution < 1.29 is 23.5 Å². The van der Waals surface area contributed by atoms with Gasteiger partial charge in [0, 0.05) is 45.2 Å². The van der Waals surface area contributed by atoms with Gasteiger partial charge < -0.3 is 24.6 Å². The molecule has 9 heteroatoms. The lowest BCUT2D eigenvalue weighted by molar-refractivity contribution is -0.141. The third-order valence-electron chi connectivity index (χ3n) is 4.58. The molecule has 1 atom stereocenters. The summed E-state index contributed by atoms with van der Waals surface area (Å²) in [6.07, 6.45) is 0.418. The first-order chi connectivity index (χ1) is 12.6. The SMILES string of the molecule is Cl.O=C(COc1ccc(F)cc1)N1CCN(C(=O)CC2COCCN2)CC1. The number of piperazine rings is 1. The van der Waals surface area contributed by atoms with E-state index in [0.717, 1.165) is 6.54 Å². The third-order valence-corrected chi connectivity index (χ3v) is 4.58. The van der Waals surface area contributed by atoms with Crippen molar-refractivity contribution in [2.24, 2.45) is 0 Å². The highest BCUT2D eigenvalue weighted by Crippen LogP contribution is 2.12. The summed E-state index contributed by atoms with van der Waals surface area (Å²) in [6, 6.07) is 5.62. The van der Waals surface area contributed by atoms with E-state index in [2.05, 4.69) is 5.32 Å². The molecule has 1 aromatic rings. The van der Waals surface area contributed by atoms with Crippen LogP contribution in [-0.2, 0) is 14.3 Å². The molecule has 0 saturated carbocycles. The van der Waals surface area contributed by atoms with E-state index >= 15 is 0 Å². The topological polar surface area (TPSA) is 71.1 Å². The van der Waals surface area contributed by atoms with E-state index in [1.165, 1.54) is 24.3 Å². The van der Waals surface area contributed by atoms with Crippen LogP contribution in [0.1, 0.15) is 6.42 Å². The predicted octanol–water partition coefficient (Wildman–Crippen LogP) is 0.676. The molecule has 1 unspecified atom stereocenters. The van der Waals surface area contributed by atoms with Gasteiger partial charge in [0.25, 0.3) is 5.91 Å². The zero-order valence-electron chi connectivity index (χ0n) is 15.1. The molecule has 2 heterocycles. The fourth-order valence-electron chi connectivity index (χ4n) is 3.06. The van der Waals surface area contributed by atoms with Gasteiger partial charge >= 0.3 is 0 Å². The summed E-state index contributed by atoms with van der Waals surface area (Å²) in [6.45, 7) is 3.95. The second-order valence-electron chi connectivity index (χ2n) is 6.43. The first-order valence-corrected chi connectivity index (χ1v) is 8.87. The zero-order valence-corrected chi connectivity index (χ0v) is 15.9. The number of nitrogens with zero attached hydrogens (tertiary/aromatic N) is 2. The molecule has 27 heavy (non-hydrogen) atoms. The molecule has 2 saturated heterocycles. The number of nitrogens with one attached hydrogen (secondary N) is 1. The Bertz CT molecular complexity index is 618. The standard InChI is InChI=1S/C18H24FN3O4.ClH/c19-14-1-3-16(4-2-14)26-13-18(24)22-8-6-21(7-9-22)17(23)11-15-12-25-10-5-20-15;/h1-4,15,20H,5-13H2;1H. The highest BCUT2D eigenvalue weighted by molar-refractivity contribution is 5.85. The molecule has 0 spiro atoms. The lowest BCUT2D eigenvalue weighted by Gasteiger charge is -2.35. The maximum Gasteiger partial charge on any atom is 0.260 e. The average Bonchev–Trinajstić information content (AvgIpc) is 2.68. The number of amides is 2. The van der Waals surface area contributed by atoms with Gasteiger partial charge in [0.15, 0.2) is 6.61 Å². The van der Waals surface area contributed by atoms with Gasteiger partial charge in [0.2, 0.25) is 5.91 Å². The van der Waals surface area contributed by atoms with E-state index in [1.807, 2.05) is 0 Å². The first-order valence-electron chi connectivity index (χ1n) is 8.87. The Kier molecular flexibility index (Phi) is 8.27. The van der Waals surface area contributed by atoms with Gasteiger partial charge in [-0.2, -0.15) is 0 Å². The zero-order chi connectivity index (χ0) is 18.4. The molecular weight excluding hydrogens is 377 g/mol. The van der Waals surface area contributed by atoms with Crippen LogP contribution in [-0.4, -0.2) is 80.2 Å². The summed E-state index contributed by atoms with van der Waals surface area (Å²) in [4.78, 5) is 28.1. The second-order valence-corrected chi connectivity index (χ2v) is 6.43. The molecule has 2 amide bonds. The minimum absolute atomic E-state index is 0. The molecule has 1 aromatic carbocycles. The van der Waals surface area contributed by atoms with E-state index in [0.29, 0.717) is 51.6 Å². The third kappa shape index (κ3) is 6.34. The number of carbonyl (C=O) groups is 2. The fraction of sp³-hybridized carbons (Fsp3) is 0.556. The number of carbonyl (C=O) groups excluding carboxylic acids is 2. The van der Waals surface area contributed by atoms with Crippen molar-refractivity contribution in [2.45, 2.75) is 12.5 Å². The molecule has 150 valence electrons. The number of benzene rings is 1. The lowest BCUT2D eigenvalue weighted by atomic mass is 10.1. The van der Waals surface area contributed by atoms with Crippen LogP contribution in [0.25, 0.3) is 0 Å². The number of morpholine rings is 1. The number of ether oxygens (including phenoxy) is 2. The van der Waals surface area contributed by atoms with Crippen LogP contribution in [0.3, 0.4) is 0 Å². The van der Waals surface area contributed by atoms with Crippen LogP contribution < -0.4 is 10.1 Å². The second kappa shape index (κ2) is 10.4. The van der Waals surface area contributed by atoms with Crippen LogP contribution >= 0.6 is 12.4 Å². The van der Waals surface area contributed by atoms with Gasteiger partial charge in [-0.3, -0.25) is 9.59 Å². The Balaban J connectivity index is 0.00000261. The Morgan fingerprint density at radius 3 is 2.33 bits per heavy atom. The maximum atomic E-state index is 12.9. The van der Waals surface area contributed by atoms with Gasteiger partial charge in [0.1, 0.15) is 11.6 Å². The minimum atomic E-state index is -0.348. The maximum absolute atomic E-state index is 12.9. The normalized spacial score (nSPS) is 20.0. The van der Waals surface area contributed by atoms with Crippen molar-refractivity contribution in [1.82, 2.24) is 15.1 Å². The monoisotopic (exact) mass is 401 g/mol. The molecule has 2 fully saturated rings. The summed E-state index contributed by atoms with van der Waals surface area (Å²) in [5.41, 5.74) is 0. The largest absolute Gasteiger partial charge is 0.484 e. The fourth-order valence-corrected chi connectivity index (χ4v) is 3.06. The molecule has 0 aromatic heterocycles. The van der Waals surface area contributed by atoms with Crippen molar-refractivity contribution in [3.8, 4) is 5.75 Å². The smallest absolute Gasteiger partial charge is 0.260 e. The lowest BCUT2D eigenvalue weighted by Crippen LogP contribution is -2.53. The van der Waals surface area contributed by atoms with E-state index in [1.54, 1.807) is 9.80 Å². The van der Waals surface area contributed by atoms with Gasteiger partial charge in [-0.05, 0) is 24.3 Å². The van der Waals surface area contributed by atoms with Gasteiger partial charge in [-0.1, -0.05) is 0 Å². The van der Waals surface area contributed by atoms with Crippen molar-refractivity contribution >= 4 is 24.2 Å². The number of hydrogen-bond acceptors (Lipinski definition) is 5. The Morgan fingerprint density at radius 1 is 1.11 bits per heavy atom. The molecule has 7 nitrogen and oxygen atoms in total. The molecule has 0 radical (unpaired) electrons. The Hall–Kier alpha value is -1.90. The Labute approximate surface area is 164 Å². The molecular formula is C18H25ClFN3O4. The summed E-state index contributed by atoms with van der Waals surface area (Å²) in [5, 5.41) is 3.27. The number of halogens is 2. The Morgan fingerprint density at radius 2 is 1.74 bits per heavy atom. The van der Waals surface area contributed by atoms with Crippen molar-refractivity contribution in [3.63, 3.8) is 0 Å². The van der Waals surface area contributed by atoms with E-state index in [9.17, 15) is 14.0 Å². The van der Waals surface area contributed by atoms with Crippen molar-refractivity contribution in [2.75, 3.05) is 52.5 Å². The van der Waals surface area contributed by atoms with Crippen molar-refractivity contribution in [1.29, 1.82) is 0 Å². The van der Waals surface area contributed by atoms with Gasteiger partial charge in [0.05, 0.1) is 13.2 Å².